The number of carbonyl (C=O) groups is 1. The van der Waals surface area contributed by atoms with Gasteiger partial charge in [0, 0.05) is 61.3 Å². The Morgan fingerprint density at radius 2 is 2.23 bits per heavy atom. The van der Waals surface area contributed by atoms with E-state index in [-0.39, 0.29) is 18.3 Å². The second-order valence-corrected chi connectivity index (χ2v) is 8.38. The van der Waals surface area contributed by atoms with Crippen LogP contribution in [-0.2, 0) is 13.6 Å². The fourth-order valence-electron chi connectivity index (χ4n) is 3.62. The van der Waals surface area contributed by atoms with Crippen molar-refractivity contribution < 1.29 is 9.18 Å². The van der Waals surface area contributed by atoms with Crippen molar-refractivity contribution in [2.45, 2.75) is 24.8 Å². The molecule has 9 heteroatoms. The maximum Gasteiger partial charge on any atom is 0.268 e. The van der Waals surface area contributed by atoms with E-state index in [9.17, 15) is 9.18 Å². The molecule has 4 N–H and O–H groups in total. The summed E-state index contributed by atoms with van der Waals surface area (Å²) >= 11 is 1.46. The van der Waals surface area contributed by atoms with Gasteiger partial charge in [-0.1, -0.05) is 6.07 Å². The van der Waals surface area contributed by atoms with Gasteiger partial charge in [-0.3, -0.25) is 9.78 Å². The molecule has 0 spiro atoms. The second-order valence-electron chi connectivity index (χ2n) is 7.32. The number of rotatable bonds is 6. The summed E-state index contributed by atoms with van der Waals surface area (Å²) in [5, 5.41) is 11.1. The Morgan fingerprint density at radius 1 is 1.42 bits per heavy atom. The van der Waals surface area contributed by atoms with Crippen molar-refractivity contribution in [2.75, 3.05) is 6.54 Å². The van der Waals surface area contributed by atoms with Crippen molar-refractivity contribution >= 4 is 35.0 Å². The van der Waals surface area contributed by atoms with E-state index < -0.39 is 0 Å². The topological polar surface area (TPSA) is 100 Å². The van der Waals surface area contributed by atoms with Crippen molar-refractivity contribution in [3.63, 3.8) is 0 Å². The number of allylic oxidation sites excluding steroid dienone is 1. The standard InChI is InChI=1S/C22H23FN6OS/c1-13-21(31-29-9-7-17(25)20(29)11-24)10-19(28(13)2)22(30)27-12-15-14-4-3-8-26-18(14)6-5-16(15)23/h3-6,8,10-11,24H,7,9,12,25H2,1-2H3,(H,27,30). The van der Waals surface area contributed by atoms with Crippen LogP contribution in [0.25, 0.3) is 10.9 Å². The zero-order valence-corrected chi connectivity index (χ0v) is 18.1. The zero-order chi connectivity index (χ0) is 22.1. The summed E-state index contributed by atoms with van der Waals surface area (Å²) in [5.74, 6) is -0.667. The predicted molar refractivity (Wildman–Crippen MR) is 120 cm³/mol. The van der Waals surface area contributed by atoms with Crippen LogP contribution >= 0.6 is 11.9 Å². The van der Waals surface area contributed by atoms with Crippen LogP contribution in [-0.4, -0.2) is 32.5 Å². The third kappa shape index (κ3) is 3.88. The summed E-state index contributed by atoms with van der Waals surface area (Å²) in [6.45, 7) is 2.71. The first kappa shape index (κ1) is 20.9. The number of amides is 1. The first-order chi connectivity index (χ1) is 14.9. The van der Waals surface area contributed by atoms with Gasteiger partial charge in [-0.2, -0.15) is 0 Å². The van der Waals surface area contributed by atoms with Crippen LogP contribution in [0, 0.1) is 18.2 Å². The van der Waals surface area contributed by atoms with Crippen LogP contribution in [0.1, 0.15) is 28.2 Å². The summed E-state index contributed by atoms with van der Waals surface area (Å²) in [6.07, 6.45) is 3.62. The molecule has 1 aromatic carbocycles. The number of nitrogens with two attached hydrogens (primary N) is 1. The second kappa shape index (κ2) is 8.43. The highest BCUT2D eigenvalue weighted by molar-refractivity contribution is 7.97. The molecular formula is C22H23FN6OS. The Morgan fingerprint density at radius 3 is 3.00 bits per heavy atom. The third-order valence-electron chi connectivity index (χ3n) is 5.51. The molecule has 0 atom stereocenters. The summed E-state index contributed by atoms with van der Waals surface area (Å²) in [6, 6.07) is 8.35. The highest BCUT2D eigenvalue weighted by atomic mass is 32.2. The number of nitrogens with zero attached hydrogens (tertiary/aromatic N) is 3. The molecule has 0 radical (unpaired) electrons. The van der Waals surface area contributed by atoms with Gasteiger partial charge in [-0.25, -0.2) is 4.39 Å². The summed E-state index contributed by atoms with van der Waals surface area (Å²) < 4.78 is 18.2. The van der Waals surface area contributed by atoms with Gasteiger partial charge in [0.25, 0.3) is 5.91 Å². The Balaban J connectivity index is 1.53. The Kier molecular flexibility index (Phi) is 5.69. The fourth-order valence-corrected chi connectivity index (χ4v) is 4.74. The molecule has 1 amide bonds. The molecular weight excluding hydrogens is 415 g/mol. The molecule has 0 bridgehead atoms. The van der Waals surface area contributed by atoms with E-state index in [2.05, 4.69) is 10.3 Å². The number of hydrogen-bond acceptors (Lipinski definition) is 6. The van der Waals surface area contributed by atoms with Crippen molar-refractivity contribution in [3.8, 4) is 0 Å². The average Bonchev–Trinajstić information content (AvgIpc) is 3.26. The molecule has 2 aromatic heterocycles. The third-order valence-corrected chi connectivity index (χ3v) is 6.72. The summed E-state index contributed by atoms with van der Waals surface area (Å²) in [4.78, 5) is 18.1. The van der Waals surface area contributed by atoms with Gasteiger partial charge in [0.15, 0.2) is 0 Å². The molecule has 0 aliphatic carbocycles. The normalized spacial score (nSPS) is 13.8. The number of halogens is 1. The van der Waals surface area contributed by atoms with Crippen LogP contribution in [0.2, 0.25) is 0 Å². The molecule has 4 rings (SSSR count). The van der Waals surface area contributed by atoms with Crippen LogP contribution in [0.15, 0.2) is 52.8 Å². The smallest absolute Gasteiger partial charge is 0.268 e. The Labute approximate surface area is 183 Å². The monoisotopic (exact) mass is 438 g/mol. The highest BCUT2D eigenvalue weighted by Gasteiger charge is 2.23. The number of aromatic nitrogens is 2. The van der Waals surface area contributed by atoms with Gasteiger partial charge in [0.1, 0.15) is 11.5 Å². The number of nitrogens with one attached hydrogen (secondary N) is 2. The minimum absolute atomic E-state index is 0.0593. The van der Waals surface area contributed by atoms with E-state index in [1.54, 1.807) is 24.4 Å². The van der Waals surface area contributed by atoms with Crippen molar-refractivity contribution in [3.05, 3.63) is 70.7 Å². The zero-order valence-electron chi connectivity index (χ0n) is 17.3. The molecule has 0 saturated heterocycles. The molecule has 0 fully saturated rings. The van der Waals surface area contributed by atoms with Crippen molar-refractivity contribution in [2.24, 2.45) is 12.8 Å². The fraction of sp³-hybridized carbons (Fsp3) is 0.227. The SMILES string of the molecule is Cc1c(SN2CCC(N)=C2C=N)cc(C(=O)NCc2c(F)ccc3ncccc23)n1C. The van der Waals surface area contributed by atoms with Gasteiger partial charge in [0.05, 0.1) is 16.1 Å². The Bertz CT molecular complexity index is 1220. The average molecular weight is 439 g/mol. The van der Waals surface area contributed by atoms with Gasteiger partial charge < -0.3 is 25.3 Å². The molecule has 0 unspecified atom stereocenters. The molecule has 3 aromatic rings. The van der Waals surface area contributed by atoms with E-state index in [4.69, 9.17) is 11.1 Å². The van der Waals surface area contributed by atoms with E-state index in [1.165, 1.54) is 24.2 Å². The van der Waals surface area contributed by atoms with E-state index in [0.29, 0.717) is 46.5 Å². The van der Waals surface area contributed by atoms with E-state index >= 15 is 0 Å². The largest absolute Gasteiger partial charge is 0.400 e. The lowest BCUT2D eigenvalue weighted by molar-refractivity contribution is 0.0942. The van der Waals surface area contributed by atoms with Crippen molar-refractivity contribution in [1.29, 1.82) is 5.41 Å². The highest BCUT2D eigenvalue weighted by Crippen LogP contribution is 2.34. The number of pyridine rings is 1. The van der Waals surface area contributed by atoms with Gasteiger partial charge >= 0.3 is 0 Å². The van der Waals surface area contributed by atoms with Crippen LogP contribution in [0.5, 0.6) is 0 Å². The maximum absolute atomic E-state index is 14.4. The minimum Gasteiger partial charge on any atom is -0.400 e. The van der Waals surface area contributed by atoms with E-state index in [0.717, 1.165) is 10.6 Å². The number of fused-ring (bicyclic) bond motifs is 1. The molecule has 160 valence electrons. The first-order valence-electron chi connectivity index (χ1n) is 9.82. The van der Waals surface area contributed by atoms with Gasteiger partial charge in [-0.05, 0) is 43.1 Å². The van der Waals surface area contributed by atoms with Crippen LogP contribution < -0.4 is 11.1 Å². The summed E-state index contributed by atoms with van der Waals surface area (Å²) in [7, 11) is 1.82. The Hall–Kier alpha value is -3.33. The number of benzene rings is 1. The van der Waals surface area contributed by atoms with Crippen LogP contribution in [0.3, 0.4) is 0 Å². The van der Waals surface area contributed by atoms with Gasteiger partial charge in [-0.15, -0.1) is 0 Å². The number of carbonyl (C=O) groups excluding carboxylic acids is 1. The predicted octanol–water partition coefficient (Wildman–Crippen LogP) is 3.48. The molecule has 1 aliphatic heterocycles. The maximum atomic E-state index is 14.4. The van der Waals surface area contributed by atoms with Gasteiger partial charge in [0.2, 0.25) is 0 Å². The minimum atomic E-state index is -0.377. The lowest BCUT2D eigenvalue weighted by Crippen LogP contribution is -2.25. The summed E-state index contributed by atoms with van der Waals surface area (Å²) in [5.41, 5.74) is 9.85. The molecule has 3 heterocycles. The van der Waals surface area contributed by atoms with Crippen LogP contribution in [0.4, 0.5) is 4.39 Å². The molecule has 1 aliphatic rings. The van der Waals surface area contributed by atoms with Crippen molar-refractivity contribution in [1.82, 2.24) is 19.2 Å². The lowest BCUT2D eigenvalue weighted by atomic mass is 10.1. The molecule has 7 nitrogen and oxygen atoms in total. The molecule has 0 saturated carbocycles. The number of hydrogen-bond donors (Lipinski definition) is 3. The first-order valence-corrected chi connectivity index (χ1v) is 10.6. The quantitative estimate of drug-likeness (QED) is 0.404. The molecule has 31 heavy (non-hydrogen) atoms. The lowest BCUT2D eigenvalue weighted by Gasteiger charge is -2.17. The van der Waals surface area contributed by atoms with E-state index in [1.807, 2.05) is 28.9 Å².